The molecule has 0 fully saturated rings. The molecule has 0 amide bonds. The van der Waals surface area contributed by atoms with Crippen molar-refractivity contribution in [3.05, 3.63) is 48.0 Å². The van der Waals surface area contributed by atoms with E-state index in [0.29, 0.717) is 6.04 Å². The Morgan fingerprint density at radius 3 is 2.70 bits per heavy atom. The van der Waals surface area contributed by atoms with Crippen molar-refractivity contribution < 1.29 is 0 Å². The summed E-state index contributed by atoms with van der Waals surface area (Å²) in [5.41, 5.74) is 2.61. The topological polar surface area (TPSA) is 29.9 Å². The van der Waals surface area contributed by atoms with Crippen LogP contribution in [0.4, 0.5) is 0 Å². The van der Waals surface area contributed by atoms with Crippen molar-refractivity contribution in [2.45, 2.75) is 46.1 Å². The van der Waals surface area contributed by atoms with Crippen LogP contribution in [0.2, 0.25) is 0 Å². The van der Waals surface area contributed by atoms with Gasteiger partial charge in [-0.2, -0.15) is 0 Å². The Hall–Kier alpha value is -1.61. The van der Waals surface area contributed by atoms with Crippen molar-refractivity contribution in [3.63, 3.8) is 0 Å². The largest absolute Gasteiger partial charge is 0.310 e. The molecule has 3 nitrogen and oxygen atoms in total. The lowest BCUT2D eigenvalue weighted by Gasteiger charge is -2.21. The van der Waals surface area contributed by atoms with Crippen molar-refractivity contribution in [3.8, 4) is 5.69 Å². The molecule has 1 aromatic heterocycles. The van der Waals surface area contributed by atoms with E-state index in [1.165, 1.54) is 11.3 Å². The zero-order chi connectivity index (χ0) is 14.4. The molecule has 1 unspecified atom stereocenters. The van der Waals surface area contributed by atoms with Crippen LogP contribution in [-0.4, -0.2) is 16.1 Å². The zero-order valence-electron chi connectivity index (χ0n) is 12.8. The summed E-state index contributed by atoms with van der Waals surface area (Å²) >= 11 is 0. The highest BCUT2D eigenvalue weighted by Gasteiger charge is 2.14. The van der Waals surface area contributed by atoms with E-state index >= 15 is 0 Å². The molecule has 0 aliphatic heterocycles. The molecular weight excluding hydrogens is 246 g/mol. The Labute approximate surface area is 122 Å². The summed E-state index contributed by atoms with van der Waals surface area (Å²) in [5.74, 6) is 1.11. The summed E-state index contributed by atoms with van der Waals surface area (Å²) in [6.07, 6.45) is 7.14. The van der Waals surface area contributed by atoms with E-state index in [1.54, 1.807) is 0 Å². The number of benzene rings is 1. The minimum atomic E-state index is 0.401. The molecule has 0 aliphatic carbocycles. The molecular formula is C17H25N3. The average molecular weight is 271 g/mol. The molecule has 0 saturated heterocycles. The normalized spacial score (nSPS) is 12.6. The van der Waals surface area contributed by atoms with Crippen LogP contribution in [0, 0.1) is 0 Å². The first-order chi connectivity index (χ1) is 9.81. The van der Waals surface area contributed by atoms with Gasteiger partial charge in [-0.3, -0.25) is 0 Å². The molecule has 1 N–H and O–H groups in total. The summed E-state index contributed by atoms with van der Waals surface area (Å²) in [4.78, 5) is 4.44. The fraction of sp³-hybridized carbons (Fsp3) is 0.471. The SMILES string of the molecule is CCCNC(CC)c1ccccc1-n1ccnc1CC. The Balaban J connectivity index is 2.39. The zero-order valence-corrected chi connectivity index (χ0v) is 12.8. The highest BCUT2D eigenvalue weighted by Crippen LogP contribution is 2.25. The standard InChI is InChI=1S/C17H25N3/c1-4-11-18-15(5-2)14-9-7-8-10-16(14)20-13-12-19-17(20)6-3/h7-10,12-13,15,18H,4-6,11H2,1-3H3. The Kier molecular flexibility index (Phi) is 5.36. The third kappa shape index (κ3) is 3.10. The molecule has 2 aromatic rings. The molecule has 3 heteroatoms. The number of hydrogen-bond donors (Lipinski definition) is 1. The predicted octanol–water partition coefficient (Wildman–Crippen LogP) is 3.89. The van der Waals surface area contributed by atoms with E-state index in [9.17, 15) is 0 Å². The molecule has 0 aliphatic rings. The number of para-hydroxylation sites is 1. The lowest BCUT2D eigenvalue weighted by atomic mass is 10.0. The van der Waals surface area contributed by atoms with Crippen LogP contribution in [-0.2, 0) is 6.42 Å². The lowest BCUT2D eigenvalue weighted by Crippen LogP contribution is -2.23. The maximum Gasteiger partial charge on any atom is 0.112 e. The van der Waals surface area contributed by atoms with Gasteiger partial charge in [0.05, 0.1) is 5.69 Å². The first kappa shape index (κ1) is 14.8. The molecule has 108 valence electrons. The van der Waals surface area contributed by atoms with Crippen LogP contribution in [0.5, 0.6) is 0 Å². The summed E-state index contributed by atoms with van der Waals surface area (Å²) in [6, 6.07) is 9.04. The second-order valence-electron chi connectivity index (χ2n) is 5.04. The quantitative estimate of drug-likeness (QED) is 0.828. The first-order valence-electron chi connectivity index (χ1n) is 7.66. The first-order valence-corrected chi connectivity index (χ1v) is 7.66. The van der Waals surface area contributed by atoms with Gasteiger partial charge in [-0.05, 0) is 31.0 Å². The van der Waals surface area contributed by atoms with E-state index in [-0.39, 0.29) is 0 Å². The molecule has 0 spiro atoms. The van der Waals surface area contributed by atoms with Gasteiger partial charge >= 0.3 is 0 Å². The van der Waals surface area contributed by atoms with Crippen LogP contribution in [0.1, 0.15) is 51.0 Å². The van der Waals surface area contributed by atoms with Crippen LogP contribution in [0.3, 0.4) is 0 Å². The van der Waals surface area contributed by atoms with Gasteiger partial charge in [-0.1, -0.05) is 39.0 Å². The van der Waals surface area contributed by atoms with Crippen molar-refractivity contribution in [2.24, 2.45) is 0 Å². The highest BCUT2D eigenvalue weighted by molar-refractivity contribution is 5.44. The summed E-state index contributed by atoms with van der Waals surface area (Å²) in [5, 5.41) is 3.64. The molecule has 0 bridgehead atoms. The monoisotopic (exact) mass is 271 g/mol. The third-order valence-corrected chi connectivity index (χ3v) is 3.65. The molecule has 0 saturated carbocycles. The smallest absolute Gasteiger partial charge is 0.112 e. The number of imidazole rings is 1. The van der Waals surface area contributed by atoms with E-state index in [1.807, 2.05) is 6.20 Å². The van der Waals surface area contributed by atoms with Gasteiger partial charge in [0, 0.05) is 24.9 Å². The van der Waals surface area contributed by atoms with Crippen molar-refractivity contribution >= 4 is 0 Å². The van der Waals surface area contributed by atoms with Gasteiger partial charge in [-0.15, -0.1) is 0 Å². The fourth-order valence-corrected chi connectivity index (χ4v) is 2.61. The molecule has 1 heterocycles. The lowest BCUT2D eigenvalue weighted by molar-refractivity contribution is 0.516. The van der Waals surface area contributed by atoms with Crippen LogP contribution >= 0.6 is 0 Å². The maximum atomic E-state index is 4.44. The molecule has 0 radical (unpaired) electrons. The number of hydrogen-bond acceptors (Lipinski definition) is 2. The maximum absolute atomic E-state index is 4.44. The van der Waals surface area contributed by atoms with Crippen molar-refractivity contribution in [1.29, 1.82) is 0 Å². The van der Waals surface area contributed by atoms with Gasteiger partial charge in [-0.25, -0.2) is 4.98 Å². The van der Waals surface area contributed by atoms with Crippen LogP contribution in [0.15, 0.2) is 36.7 Å². The van der Waals surface area contributed by atoms with Gasteiger partial charge in [0.1, 0.15) is 5.82 Å². The van der Waals surface area contributed by atoms with Gasteiger partial charge < -0.3 is 9.88 Å². The molecule has 2 rings (SSSR count). The minimum absolute atomic E-state index is 0.401. The summed E-state index contributed by atoms with van der Waals surface area (Å²) in [6.45, 7) is 7.64. The number of aromatic nitrogens is 2. The number of rotatable bonds is 7. The second-order valence-corrected chi connectivity index (χ2v) is 5.04. The van der Waals surface area contributed by atoms with Gasteiger partial charge in [0.15, 0.2) is 0 Å². The van der Waals surface area contributed by atoms with Crippen LogP contribution < -0.4 is 5.32 Å². The number of aryl methyl sites for hydroxylation is 1. The van der Waals surface area contributed by atoms with Crippen molar-refractivity contribution in [1.82, 2.24) is 14.9 Å². The van der Waals surface area contributed by atoms with Crippen LogP contribution in [0.25, 0.3) is 5.69 Å². The molecule has 20 heavy (non-hydrogen) atoms. The predicted molar refractivity (Wildman–Crippen MR) is 84.3 cm³/mol. The van der Waals surface area contributed by atoms with E-state index < -0.39 is 0 Å². The van der Waals surface area contributed by atoms with E-state index in [4.69, 9.17) is 0 Å². The van der Waals surface area contributed by atoms with E-state index in [2.05, 4.69) is 66.1 Å². The second kappa shape index (κ2) is 7.25. The average Bonchev–Trinajstić information content (AvgIpc) is 2.97. The Morgan fingerprint density at radius 1 is 1.20 bits per heavy atom. The number of nitrogens with zero attached hydrogens (tertiary/aromatic N) is 2. The highest BCUT2D eigenvalue weighted by atomic mass is 15.1. The molecule has 1 aromatic carbocycles. The van der Waals surface area contributed by atoms with Gasteiger partial charge in [0.25, 0.3) is 0 Å². The van der Waals surface area contributed by atoms with E-state index in [0.717, 1.165) is 31.6 Å². The minimum Gasteiger partial charge on any atom is -0.310 e. The summed E-state index contributed by atoms with van der Waals surface area (Å²) < 4.78 is 2.21. The Bertz CT molecular complexity index is 531. The summed E-state index contributed by atoms with van der Waals surface area (Å²) in [7, 11) is 0. The van der Waals surface area contributed by atoms with Gasteiger partial charge in [0.2, 0.25) is 0 Å². The molecule has 1 atom stereocenters. The van der Waals surface area contributed by atoms with Crippen molar-refractivity contribution in [2.75, 3.05) is 6.54 Å². The fourth-order valence-electron chi connectivity index (χ4n) is 2.61. The number of nitrogens with one attached hydrogen (secondary N) is 1. The Morgan fingerprint density at radius 2 is 2.00 bits per heavy atom. The third-order valence-electron chi connectivity index (χ3n) is 3.65.